The molecule has 33 heavy (non-hydrogen) atoms. The van der Waals surface area contributed by atoms with Gasteiger partial charge in [-0.25, -0.2) is 9.97 Å². The molecule has 0 aromatic carbocycles. The van der Waals surface area contributed by atoms with Crippen LogP contribution in [0.3, 0.4) is 0 Å². The van der Waals surface area contributed by atoms with Crippen LogP contribution in [0, 0.1) is 0 Å². The Labute approximate surface area is 202 Å². The van der Waals surface area contributed by atoms with Crippen LogP contribution in [-0.2, 0) is 0 Å². The van der Waals surface area contributed by atoms with E-state index in [-0.39, 0.29) is 11.6 Å². The molecular weight excluding hydrogens is 484 g/mol. The van der Waals surface area contributed by atoms with Gasteiger partial charge >= 0.3 is 0 Å². The molecule has 8 nitrogen and oxygen atoms in total. The van der Waals surface area contributed by atoms with E-state index >= 15 is 0 Å². The van der Waals surface area contributed by atoms with Crippen molar-refractivity contribution in [2.24, 2.45) is 0 Å². The van der Waals surface area contributed by atoms with E-state index in [1.807, 2.05) is 0 Å². The van der Waals surface area contributed by atoms with Crippen LogP contribution in [0.4, 0.5) is 10.0 Å². The van der Waals surface area contributed by atoms with Gasteiger partial charge in [-0.15, -0.1) is 22.7 Å². The summed E-state index contributed by atoms with van der Waals surface area (Å²) in [4.78, 5) is 32.0. The highest BCUT2D eigenvalue weighted by atomic mass is 35.5. The largest absolute Gasteiger partial charge is 0.481 e. The molecule has 4 rings (SSSR count). The number of hydrogen-bond donors (Lipinski definition) is 2. The molecule has 0 amide bonds. The van der Waals surface area contributed by atoms with Gasteiger partial charge < -0.3 is 20.9 Å². The molecular formula is C22H19ClN4O4S2. The topological polar surface area (TPSA) is 130 Å². The summed E-state index contributed by atoms with van der Waals surface area (Å²) in [6.07, 6.45) is 2.93. The van der Waals surface area contributed by atoms with Gasteiger partial charge in [0.1, 0.15) is 0 Å². The molecule has 0 saturated heterocycles. The van der Waals surface area contributed by atoms with Crippen molar-refractivity contribution in [3.8, 4) is 11.8 Å². The number of ether oxygens (including phenoxy) is 2. The molecule has 4 aromatic heterocycles. The first-order valence-electron chi connectivity index (χ1n) is 9.31. The molecule has 4 heterocycles. The Morgan fingerprint density at radius 3 is 1.76 bits per heavy atom. The second-order valence-corrected chi connectivity index (χ2v) is 9.03. The first-order chi connectivity index (χ1) is 15.8. The normalized spacial score (nSPS) is 10.2. The van der Waals surface area contributed by atoms with Crippen LogP contribution in [0.15, 0.2) is 54.2 Å². The van der Waals surface area contributed by atoms with E-state index in [1.165, 1.54) is 49.3 Å². The summed E-state index contributed by atoms with van der Waals surface area (Å²) in [5.41, 5.74) is 13.3. The van der Waals surface area contributed by atoms with Crippen LogP contribution < -0.4 is 20.9 Å². The zero-order valence-corrected chi connectivity index (χ0v) is 20.0. The van der Waals surface area contributed by atoms with E-state index in [4.69, 9.17) is 32.5 Å². The zero-order chi connectivity index (χ0) is 24.0. The van der Waals surface area contributed by atoms with Crippen LogP contribution in [0.5, 0.6) is 11.8 Å². The van der Waals surface area contributed by atoms with Crippen LogP contribution in [0.2, 0.25) is 4.34 Å². The minimum Gasteiger partial charge on any atom is -0.481 e. The molecule has 0 unspecified atom stereocenters. The number of halogens is 1. The lowest BCUT2D eigenvalue weighted by Crippen LogP contribution is -2.03. The number of pyridine rings is 2. The summed E-state index contributed by atoms with van der Waals surface area (Å²) in [6.45, 7) is 0. The summed E-state index contributed by atoms with van der Waals surface area (Å²) in [7, 11) is 3.04. The maximum Gasteiger partial charge on any atom is 0.212 e. The van der Waals surface area contributed by atoms with Crippen molar-refractivity contribution in [1.82, 2.24) is 9.97 Å². The smallest absolute Gasteiger partial charge is 0.212 e. The average molecular weight is 503 g/mol. The van der Waals surface area contributed by atoms with Gasteiger partial charge in [-0.05, 0) is 29.6 Å². The molecule has 4 aromatic rings. The van der Waals surface area contributed by atoms with Gasteiger partial charge in [-0.2, -0.15) is 0 Å². The van der Waals surface area contributed by atoms with E-state index in [1.54, 1.807) is 41.8 Å². The molecule has 0 aliphatic carbocycles. The molecule has 0 spiro atoms. The lowest BCUT2D eigenvalue weighted by atomic mass is 10.1. The van der Waals surface area contributed by atoms with Gasteiger partial charge in [0.25, 0.3) is 0 Å². The Morgan fingerprint density at radius 1 is 0.848 bits per heavy atom. The maximum absolute atomic E-state index is 12.1. The summed E-state index contributed by atoms with van der Waals surface area (Å²) in [5.74, 6) is 0.627. The lowest BCUT2D eigenvalue weighted by molar-refractivity contribution is 0.103. The van der Waals surface area contributed by atoms with E-state index in [0.717, 1.165) is 0 Å². The molecule has 4 N–H and O–H groups in total. The molecule has 0 fully saturated rings. The number of carbonyl (C=O) groups is 2. The minimum absolute atomic E-state index is 0.117. The summed E-state index contributed by atoms with van der Waals surface area (Å²) in [5, 5.41) is 2.73. The fourth-order valence-electron chi connectivity index (χ4n) is 2.64. The number of thiophene rings is 2. The van der Waals surface area contributed by atoms with Crippen LogP contribution >= 0.6 is 34.3 Å². The Hall–Kier alpha value is -3.47. The summed E-state index contributed by atoms with van der Waals surface area (Å²) < 4.78 is 10.3. The predicted octanol–water partition coefficient (Wildman–Crippen LogP) is 4.58. The van der Waals surface area contributed by atoms with Gasteiger partial charge in [-0.3, -0.25) is 9.59 Å². The predicted molar refractivity (Wildman–Crippen MR) is 131 cm³/mol. The third-order valence-corrected chi connectivity index (χ3v) is 6.17. The van der Waals surface area contributed by atoms with Crippen molar-refractivity contribution in [1.29, 1.82) is 0 Å². The van der Waals surface area contributed by atoms with Crippen molar-refractivity contribution in [3.05, 3.63) is 80.8 Å². The third kappa shape index (κ3) is 5.86. The number of hydrogen-bond acceptors (Lipinski definition) is 10. The fourth-order valence-corrected chi connectivity index (χ4v) is 4.29. The van der Waals surface area contributed by atoms with E-state index in [0.29, 0.717) is 48.4 Å². The number of anilines is 2. The molecule has 11 heteroatoms. The number of methoxy groups -OCH3 is 2. The monoisotopic (exact) mass is 502 g/mol. The van der Waals surface area contributed by atoms with Crippen molar-refractivity contribution < 1.29 is 19.1 Å². The molecule has 0 atom stereocenters. The van der Waals surface area contributed by atoms with Crippen LogP contribution in [0.1, 0.15) is 31.8 Å². The Kier molecular flexibility index (Phi) is 7.99. The van der Waals surface area contributed by atoms with Crippen LogP contribution in [0.25, 0.3) is 0 Å². The highest BCUT2D eigenvalue weighted by Gasteiger charge is 2.16. The van der Waals surface area contributed by atoms with E-state index in [9.17, 15) is 9.59 Å². The highest BCUT2D eigenvalue weighted by molar-refractivity contribution is 7.20. The number of ketones is 2. The second-order valence-electron chi connectivity index (χ2n) is 6.36. The van der Waals surface area contributed by atoms with Crippen molar-refractivity contribution in [3.63, 3.8) is 0 Å². The summed E-state index contributed by atoms with van der Waals surface area (Å²) in [6, 6.07) is 9.86. The Balaban J connectivity index is 0.000000186. The molecule has 0 saturated carbocycles. The summed E-state index contributed by atoms with van der Waals surface area (Å²) >= 11 is 8.32. The van der Waals surface area contributed by atoms with Gasteiger partial charge in [0.15, 0.2) is 11.6 Å². The number of nitrogen functional groups attached to an aromatic ring is 2. The lowest BCUT2D eigenvalue weighted by Gasteiger charge is -2.01. The molecule has 0 radical (unpaired) electrons. The first-order valence-corrected chi connectivity index (χ1v) is 11.4. The van der Waals surface area contributed by atoms with Crippen LogP contribution in [-0.4, -0.2) is 35.8 Å². The fraction of sp³-hybridized carbons (Fsp3) is 0.0909. The maximum atomic E-state index is 12.1. The van der Waals surface area contributed by atoms with Crippen molar-refractivity contribution in [2.45, 2.75) is 0 Å². The second kappa shape index (κ2) is 10.9. The third-order valence-electron chi connectivity index (χ3n) is 4.33. The number of nitrogens with two attached hydrogens (primary N) is 2. The van der Waals surface area contributed by atoms with E-state index < -0.39 is 0 Å². The first kappa shape index (κ1) is 24.2. The quantitative estimate of drug-likeness (QED) is 0.366. The van der Waals surface area contributed by atoms with Gasteiger partial charge in [0, 0.05) is 35.7 Å². The zero-order valence-electron chi connectivity index (χ0n) is 17.6. The molecule has 170 valence electrons. The standard InChI is InChI=1S/C11H9ClN2O2S.C11H10N2O2S/c1-16-9-3-2-6(5-14-9)10(15)7-4-8(12)17-11(7)13;1-15-9-3-2-7(6-13-9)10(14)8-4-5-16-11(8)12/h2-5H,13H2,1H3;2-6H,12H2,1H3. The number of carbonyl (C=O) groups excluding carboxylic acids is 2. The SMILES string of the molecule is COc1ccc(C(=O)c2cc(Cl)sc2N)cn1.COc1ccc(C(=O)c2ccsc2N)cn1. The van der Waals surface area contributed by atoms with Gasteiger partial charge in [0.2, 0.25) is 11.8 Å². The average Bonchev–Trinajstić information content (AvgIpc) is 3.42. The van der Waals surface area contributed by atoms with Crippen molar-refractivity contribution >= 4 is 55.8 Å². The van der Waals surface area contributed by atoms with E-state index in [2.05, 4.69) is 9.97 Å². The van der Waals surface area contributed by atoms with Gasteiger partial charge in [0.05, 0.1) is 39.7 Å². The highest BCUT2D eigenvalue weighted by Crippen LogP contribution is 2.30. The number of aromatic nitrogens is 2. The molecule has 0 aliphatic heterocycles. The number of rotatable bonds is 6. The molecule has 0 aliphatic rings. The van der Waals surface area contributed by atoms with Gasteiger partial charge in [-0.1, -0.05) is 11.6 Å². The molecule has 0 bridgehead atoms. The van der Waals surface area contributed by atoms with Crippen molar-refractivity contribution in [2.75, 3.05) is 25.7 Å². The Morgan fingerprint density at radius 2 is 1.39 bits per heavy atom. The Bertz CT molecular complexity index is 1250. The number of nitrogens with zero attached hydrogens (tertiary/aromatic N) is 2. The minimum atomic E-state index is -0.194.